The van der Waals surface area contributed by atoms with Gasteiger partial charge in [0, 0.05) is 11.6 Å². The number of aliphatic hydroxyl groups excluding tert-OH is 1. The fourth-order valence-electron chi connectivity index (χ4n) is 1.09. The normalized spacial score (nSPS) is 11.9. The van der Waals surface area contributed by atoms with Crippen LogP contribution in [0, 0.1) is 17.1 Å². The van der Waals surface area contributed by atoms with Crippen LogP contribution in [0.1, 0.15) is 18.6 Å². The Morgan fingerprint density at radius 3 is 2.93 bits per heavy atom. The minimum absolute atomic E-state index is 0.164. The van der Waals surface area contributed by atoms with Crippen LogP contribution in [0.5, 0.6) is 5.75 Å². The zero-order chi connectivity index (χ0) is 10.6. The first-order valence-corrected chi connectivity index (χ1v) is 4.12. The summed E-state index contributed by atoms with van der Waals surface area (Å²) in [6.07, 6.45) is -0.746. The number of rotatable bonds is 3. The Balaban J connectivity index is 2.98. The molecular formula is C10H10FNO2. The molecule has 0 aliphatic carbocycles. The molecule has 0 radical (unpaired) electrons. The van der Waals surface area contributed by atoms with Crippen molar-refractivity contribution >= 4 is 0 Å². The van der Waals surface area contributed by atoms with Crippen molar-refractivity contribution in [1.29, 1.82) is 5.26 Å². The number of hydrogen-bond acceptors (Lipinski definition) is 3. The van der Waals surface area contributed by atoms with Crippen LogP contribution in [-0.4, -0.2) is 11.7 Å². The summed E-state index contributed by atoms with van der Waals surface area (Å²) in [6.45, 7) is 1.38. The van der Waals surface area contributed by atoms with Crippen LogP contribution in [0.4, 0.5) is 4.39 Å². The van der Waals surface area contributed by atoms with Crippen molar-refractivity contribution in [3.8, 4) is 11.8 Å². The molecule has 0 saturated carbocycles. The van der Waals surface area contributed by atoms with Gasteiger partial charge in [0.15, 0.2) is 6.61 Å². The summed E-state index contributed by atoms with van der Waals surface area (Å²) in [5.74, 6) is -0.246. The number of halogens is 1. The van der Waals surface area contributed by atoms with Crippen LogP contribution < -0.4 is 4.74 Å². The molecule has 0 spiro atoms. The van der Waals surface area contributed by atoms with E-state index in [1.54, 1.807) is 13.0 Å². The van der Waals surface area contributed by atoms with Gasteiger partial charge in [-0.1, -0.05) is 0 Å². The molecule has 0 aliphatic heterocycles. The molecular weight excluding hydrogens is 185 g/mol. The van der Waals surface area contributed by atoms with E-state index in [1.165, 1.54) is 12.1 Å². The lowest BCUT2D eigenvalue weighted by atomic mass is 10.1. The molecule has 1 rings (SSSR count). The van der Waals surface area contributed by atoms with Crippen molar-refractivity contribution in [2.75, 3.05) is 6.61 Å². The predicted octanol–water partition coefficient (Wildman–Crippen LogP) is 1.78. The lowest BCUT2D eigenvalue weighted by Gasteiger charge is -2.11. The SMILES string of the molecule is C[C@@H](O)c1ccc(F)cc1OCC#N. The first kappa shape index (κ1) is 10.5. The standard InChI is InChI=1S/C10H10FNO2/c1-7(13)9-3-2-8(11)6-10(9)14-5-4-12/h2-3,6-7,13H,5H2,1H3/t7-/m1/s1. The van der Waals surface area contributed by atoms with Crippen LogP contribution in [0.3, 0.4) is 0 Å². The number of hydrogen-bond donors (Lipinski definition) is 1. The largest absolute Gasteiger partial charge is 0.478 e. The van der Waals surface area contributed by atoms with E-state index in [9.17, 15) is 9.50 Å². The molecule has 0 amide bonds. The third-order valence-corrected chi connectivity index (χ3v) is 1.72. The smallest absolute Gasteiger partial charge is 0.174 e. The second kappa shape index (κ2) is 4.58. The van der Waals surface area contributed by atoms with Gasteiger partial charge in [0.25, 0.3) is 0 Å². The monoisotopic (exact) mass is 195 g/mol. The predicted molar refractivity (Wildman–Crippen MR) is 48.1 cm³/mol. The molecule has 0 aliphatic rings. The summed E-state index contributed by atoms with van der Waals surface area (Å²) < 4.78 is 17.8. The number of ether oxygens (including phenoxy) is 1. The highest BCUT2D eigenvalue weighted by molar-refractivity contribution is 5.35. The summed E-state index contributed by atoms with van der Waals surface area (Å²) in [5.41, 5.74) is 0.474. The molecule has 14 heavy (non-hydrogen) atoms. The van der Waals surface area contributed by atoms with Gasteiger partial charge in [0.2, 0.25) is 0 Å². The van der Waals surface area contributed by atoms with E-state index in [1.807, 2.05) is 0 Å². The molecule has 1 N–H and O–H groups in total. The molecule has 4 heteroatoms. The van der Waals surface area contributed by atoms with Gasteiger partial charge in [-0.3, -0.25) is 0 Å². The summed E-state index contributed by atoms with van der Waals surface area (Å²) in [4.78, 5) is 0. The summed E-state index contributed by atoms with van der Waals surface area (Å²) in [5, 5.41) is 17.6. The lowest BCUT2D eigenvalue weighted by Crippen LogP contribution is -2.01. The molecule has 0 aromatic heterocycles. The Bertz CT molecular complexity index is 358. The average Bonchev–Trinajstić information content (AvgIpc) is 2.14. The lowest BCUT2D eigenvalue weighted by molar-refractivity contribution is 0.193. The molecule has 1 atom stereocenters. The number of benzene rings is 1. The van der Waals surface area contributed by atoms with Crippen molar-refractivity contribution in [3.05, 3.63) is 29.6 Å². The van der Waals surface area contributed by atoms with Gasteiger partial charge in [-0.25, -0.2) is 4.39 Å². The molecule has 0 saturated heterocycles. The van der Waals surface area contributed by atoms with Gasteiger partial charge in [-0.15, -0.1) is 0 Å². The minimum Gasteiger partial charge on any atom is -0.478 e. The van der Waals surface area contributed by atoms with Crippen LogP contribution in [0.15, 0.2) is 18.2 Å². The fourth-order valence-corrected chi connectivity index (χ4v) is 1.09. The molecule has 0 bridgehead atoms. The van der Waals surface area contributed by atoms with Crippen LogP contribution in [0.2, 0.25) is 0 Å². The Morgan fingerprint density at radius 1 is 1.64 bits per heavy atom. The zero-order valence-corrected chi connectivity index (χ0v) is 7.70. The summed E-state index contributed by atoms with van der Waals surface area (Å²) >= 11 is 0. The Kier molecular flexibility index (Phi) is 3.43. The number of nitriles is 1. The maximum absolute atomic E-state index is 12.8. The van der Waals surface area contributed by atoms with Gasteiger partial charge >= 0.3 is 0 Å². The van der Waals surface area contributed by atoms with E-state index in [0.29, 0.717) is 5.56 Å². The van der Waals surface area contributed by atoms with Crippen molar-refractivity contribution in [1.82, 2.24) is 0 Å². The van der Waals surface area contributed by atoms with Crippen LogP contribution >= 0.6 is 0 Å². The summed E-state index contributed by atoms with van der Waals surface area (Å²) in [6, 6.07) is 5.60. The maximum Gasteiger partial charge on any atom is 0.174 e. The molecule has 0 heterocycles. The minimum atomic E-state index is -0.746. The Labute approximate surface area is 81.4 Å². The molecule has 0 fully saturated rings. The quantitative estimate of drug-likeness (QED) is 0.799. The zero-order valence-electron chi connectivity index (χ0n) is 7.70. The van der Waals surface area contributed by atoms with Gasteiger partial charge in [-0.2, -0.15) is 5.26 Å². The third kappa shape index (κ3) is 2.44. The average molecular weight is 195 g/mol. The highest BCUT2D eigenvalue weighted by Crippen LogP contribution is 2.25. The van der Waals surface area contributed by atoms with Crippen LogP contribution in [-0.2, 0) is 0 Å². The maximum atomic E-state index is 12.8. The second-order valence-electron chi connectivity index (χ2n) is 2.80. The van der Waals surface area contributed by atoms with Crippen molar-refractivity contribution in [2.24, 2.45) is 0 Å². The van der Waals surface area contributed by atoms with E-state index in [0.717, 1.165) is 6.07 Å². The van der Waals surface area contributed by atoms with Crippen molar-refractivity contribution < 1.29 is 14.2 Å². The topological polar surface area (TPSA) is 53.2 Å². The van der Waals surface area contributed by atoms with Gasteiger partial charge in [0.1, 0.15) is 17.6 Å². The highest BCUT2D eigenvalue weighted by atomic mass is 19.1. The molecule has 1 aromatic rings. The molecule has 0 unspecified atom stereocenters. The second-order valence-corrected chi connectivity index (χ2v) is 2.80. The van der Waals surface area contributed by atoms with E-state index < -0.39 is 11.9 Å². The fraction of sp³-hybridized carbons (Fsp3) is 0.300. The number of nitrogens with zero attached hydrogens (tertiary/aromatic N) is 1. The molecule has 74 valence electrons. The van der Waals surface area contributed by atoms with Crippen LogP contribution in [0.25, 0.3) is 0 Å². The first-order valence-electron chi connectivity index (χ1n) is 4.12. The van der Waals surface area contributed by atoms with E-state index in [-0.39, 0.29) is 12.4 Å². The highest BCUT2D eigenvalue weighted by Gasteiger charge is 2.09. The van der Waals surface area contributed by atoms with Gasteiger partial charge in [-0.05, 0) is 19.1 Å². The van der Waals surface area contributed by atoms with Gasteiger partial charge in [0.05, 0.1) is 6.10 Å². The van der Waals surface area contributed by atoms with E-state index in [4.69, 9.17) is 10.00 Å². The summed E-state index contributed by atoms with van der Waals surface area (Å²) in [7, 11) is 0. The van der Waals surface area contributed by atoms with Crippen molar-refractivity contribution in [3.63, 3.8) is 0 Å². The van der Waals surface area contributed by atoms with E-state index in [2.05, 4.69) is 0 Å². The first-order chi connectivity index (χ1) is 6.65. The van der Waals surface area contributed by atoms with Crippen molar-refractivity contribution in [2.45, 2.75) is 13.0 Å². The van der Waals surface area contributed by atoms with E-state index >= 15 is 0 Å². The van der Waals surface area contributed by atoms with Gasteiger partial charge < -0.3 is 9.84 Å². The Hall–Kier alpha value is -1.60. The Morgan fingerprint density at radius 2 is 2.36 bits per heavy atom. The third-order valence-electron chi connectivity index (χ3n) is 1.72. The number of aliphatic hydroxyl groups is 1. The molecule has 1 aromatic carbocycles. The molecule has 3 nitrogen and oxygen atoms in total.